The number of nitrogens with zero attached hydrogens (tertiary/aromatic N) is 3. The van der Waals surface area contributed by atoms with Crippen molar-refractivity contribution in [3.05, 3.63) is 47.9 Å². The van der Waals surface area contributed by atoms with Gasteiger partial charge < -0.3 is 15.8 Å². The van der Waals surface area contributed by atoms with E-state index in [0.717, 1.165) is 5.69 Å². The number of nitrogen functional groups attached to an aromatic ring is 1. The Morgan fingerprint density at radius 3 is 2.69 bits per heavy atom. The van der Waals surface area contributed by atoms with Crippen LogP contribution in [0.1, 0.15) is 37.9 Å². The molecule has 0 saturated heterocycles. The molecule has 0 spiro atoms. The summed E-state index contributed by atoms with van der Waals surface area (Å²) < 4.78 is 7.31. The van der Waals surface area contributed by atoms with E-state index >= 15 is 0 Å². The van der Waals surface area contributed by atoms with Crippen molar-refractivity contribution in [2.75, 3.05) is 17.7 Å². The van der Waals surface area contributed by atoms with Gasteiger partial charge in [0, 0.05) is 0 Å². The maximum Gasteiger partial charge on any atom is 0.263 e. The molecule has 3 N–H and O–H groups in total. The summed E-state index contributed by atoms with van der Waals surface area (Å²) in [5.74, 6) is 1.81. The highest BCUT2D eigenvalue weighted by atomic mass is 16.5. The minimum absolute atomic E-state index is 0.0853. The number of ether oxygens (including phenoxy) is 1. The summed E-state index contributed by atoms with van der Waals surface area (Å²) in [7, 11) is 0. The first-order valence-corrected chi connectivity index (χ1v) is 8.63. The Morgan fingerprint density at radius 1 is 1.31 bits per heavy atom. The van der Waals surface area contributed by atoms with Gasteiger partial charge in [0.2, 0.25) is 0 Å². The van der Waals surface area contributed by atoms with E-state index in [9.17, 15) is 4.79 Å². The summed E-state index contributed by atoms with van der Waals surface area (Å²) >= 11 is 0. The number of anilines is 2. The smallest absolute Gasteiger partial charge is 0.263 e. The standard InChI is InChI=1S/C19H23N5O2/c1-4-15-19(24-10-16(20)21-9-17(24)22-15)23-18(25)11-26-14-7-5-13(6-8-14)12(2)3/h5-10,12H,4,11,20H2,1-3H3,(H,23,25). The fourth-order valence-corrected chi connectivity index (χ4v) is 2.66. The van der Waals surface area contributed by atoms with Gasteiger partial charge in [0.25, 0.3) is 5.91 Å². The van der Waals surface area contributed by atoms with Gasteiger partial charge in [0.15, 0.2) is 12.3 Å². The molecule has 2 aromatic heterocycles. The Balaban J connectivity index is 1.70. The largest absolute Gasteiger partial charge is 0.484 e. The fraction of sp³-hybridized carbons (Fsp3) is 0.316. The van der Waals surface area contributed by atoms with E-state index in [0.29, 0.717) is 35.4 Å². The molecular formula is C19H23N5O2. The molecule has 3 aromatic rings. The Bertz CT molecular complexity index is 916. The maximum atomic E-state index is 12.3. The second kappa shape index (κ2) is 7.43. The number of benzene rings is 1. The van der Waals surface area contributed by atoms with Crippen molar-refractivity contribution >= 4 is 23.2 Å². The van der Waals surface area contributed by atoms with Crippen LogP contribution in [0.25, 0.3) is 5.65 Å². The minimum Gasteiger partial charge on any atom is -0.484 e. The maximum absolute atomic E-state index is 12.3. The molecule has 0 aliphatic rings. The van der Waals surface area contributed by atoms with E-state index in [1.54, 1.807) is 16.8 Å². The van der Waals surface area contributed by atoms with Crippen LogP contribution in [0.5, 0.6) is 5.75 Å². The van der Waals surface area contributed by atoms with E-state index in [4.69, 9.17) is 10.5 Å². The summed E-state index contributed by atoms with van der Waals surface area (Å²) in [6.45, 7) is 6.15. The Hall–Kier alpha value is -3.09. The zero-order chi connectivity index (χ0) is 18.7. The van der Waals surface area contributed by atoms with Crippen LogP contribution in [0.3, 0.4) is 0 Å². The molecule has 1 aromatic carbocycles. The van der Waals surface area contributed by atoms with E-state index in [1.807, 2.05) is 31.2 Å². The van der Waals surface area contributed by atoms with Gasteiger partial charge >= 0.3 is 0 Å². The first-order chi connectivity index (χ1) is 12.5. The van der Waals surface area contributed by atoms with E-state index in [1.165, 1.54) is 5.56 Å². The lowest BCUT2D eigenvalue weighted by Gasteiger charge is -2.10. The summed E-state index contributed by atoms with van der Waals surface area (Å²) in [5.41, 5.74) is 8.38. The molecule has 2 heterocycles. The first kappa shape index (κ1) is 17.7. The van der Waals surface area contributed by atoms with Gasteiger partial charge in [-0.1, -0.05) is 32.9 Å². The number of amides is 1. The molecule has 7 nitrogen and oxygen atoms in total. The average Bonchev–Trinajstić information content (AvgIpc) is 2.97. The summed E-state index contributed by atoms with van der Waals surface area (Å²) in [6.07, 6.45) is 3.90. The molecule has 0 aliphatic carbocycles. The molecule has 136 valence electrons. The van der Waals surface area contributed by atoms with E-state index < -0.39 is 0 Å². The number of nitrogens with one attached hydrogen (secondary N) is 1. The number of carbonyl (C=O) groups excluding carboxylic acids is 1. The molecule has 0 radical (unpaired) electrons. The second-order valence-electron chi connectivity index (χ2n) is 6.36. The van der Waals surface area contributed by atoms with Crippen LogP contribution in [0, 0.1) is 0 Å². The van der Waals surface area contributed by atoms with Gasteiger partial charge in [-0.3, -0.25) is 9.20 Å². The van der Waals surface area contributed by atoms with Crippen molar-refractivity contribution in [2.24, 2.45) is 0 Å². The monoisotopic (exact) mass is 353 g/mol. The molecule has 7 heteroatoms. The molecule has 0 fully saturated rings. The minimum atomic E-state index is -0.259. The number of fused-ring (bicyclic) bond motifs is 1. The number of nitrogens with two attached hydrogens (primary N) is 1. The van der Waals surface area contributed by atoms with Crippen molar-refractivity contribution in [3.8, 4) is 5.75 Å². The van der Waals surface area contributed by atoms with Crippen LogP contribution in [0.15, 0.2) is 36.7 Å². The highest BCUT2D eigenvalue weighted by Crippen LogP contribution is 2.20. The van der Waals surface area contributed by atoms with E-state index in [2.05, 4.69) is 29.1 Å². The topological polar surface area (TPSA) is 94.5 Å². The molecular weight excluding hydrogens is 330 g/mol. The van der Waals surface area contributed by atoms with Gasteiger partial charge in [0.1, 0.15) is 17.4 Å². The quantitative estimate of drug-likeness (QED) is 0.710. The number of aryl methyl sites for hydroxylation is 1. The van der Waals surface area contributed by atoms with Crippen molar-refractivity contribution in [1.82, 2.24) is 14.4 Å². The summed E-state index contributed by atoms with van der Waals surface area (Å²) in [5, 5.41) is 2.86. The Labute approximate surface area is 152 Å². The molecule has 0 bridgehead atoms. The first-order valence-electron chi connectivity index (χ1n) is 8.63. The number of hydrogen-bond donors (Lipinski definition) is 2. The van der Waals surface area contributed by atoms with Gasteiger partial charge in [-0.2, -0.15) is 0 Å². The number of imidazole rings is 1. The predicted molar refractivity (Wildman–Crippen MR) is 101 cm³/mol. The lowest BCUT2D eigenvalue weighted by atomic mass is 10.0. The van der Waals surface area contributed by atoms with Crippen LogP contribution in [0.2, 0.25) is 0 Å². The third kappa shape index (κ3) is 3.77. The lowest BCUT2D eigenvalue weighted by molar-refractivity contribution is -0.118. The molecule has 0 aliphatic heterocycles. The molecule has 0 unspecified atom stereocenters. The summed E-state index contributed by atoms with van der Waals surface area (Å²) in [4.78, 5) is 20.8. The van der Waals surface area contributed by atoms with Gasteiger partial charge in [0.05, 0.1) is 18.1 Å². The molecule has 1 amide bonds. The van der Waals surface area contributed by atoms with Crippen molar-refractivity contribution in [3.63, 3.8) is 0 Å². The Kier molecular flexibility index (Phi) is 5.06. The number of aromatic nitrogens is 3. The summed E-state index contributed by atoms with van der Waals surface area (Å²) in [6, 6.07) is 7.77. The average molecular weight is 353 g/mol. The SMILES string of the molecule is CCc1nc2cnc(N)cn2c1NC(=O)COc1ccc(C(C)C)cc1. The third-order valence-electron chi connectivity index (χ3n) is 4.11. The lowest BCUT2D eigenvalue weighted by Crippen LogP contribution is -2.21. The van der Waals surface area contributed by atoms with Gasteiger partial charge in [-0.15, -0.1) is 0 Å². The van der Waals surface area contributed by atoms with Crippen LogP contribution in [-0.2, 0) is 11.2 Å². The fourth-order valence-electron chi connectivity index (χ4n) is 2.66. The molecule has 3 rings (SSSR count). The van der Waals surface area contributed by atoms with Crippen molar-refractivity contribution in [2.45, 2.75) is 33.1 Å². The number of rotatable bonds is 6. The Morgan fingerprint density at radius 2 is 2.04 bits per heavy atom. The van der Waals surface area contributed by atoms with Gasteiger partial charge in [-0.25, -0.2) is 9.97 Å². The zero-order valence-corrected chi connectivity index (χ0v) is 15.2. The molecule has 0 atom stereocenters. The van der Waals surface area contributed by atoms with Crippen molar-refractivity contribution < 1.29 is 9.53 Å². The zero-order valence-electron chi connectivity index (χ0n) is 15.2. The highest BCUT2D eigenvalue weighted by molar-refractivity contribution is 5.92. The van der Waals surface area contributed by atoms with Crippen LogP contribution < -0.4 is 15.8 Å². The normalized spacial score (nSPS) is 11.1. The van der Waals surface area contributed by atoms with Crippen LogP contribution in [-0.4, -0.2) is 26.9 Å². The third-order valence-corrected chi connectivity index (χ3v) is 4.11. The molecule has 0 saturated carbocycles. The van der Waals surface area contributed by atoms with Crippen LogP contribution in [0.4, 0.5) is 11.6 Å². The predicted octanol–water partition coefficient (Wildman–Crippen LogP) is 3.01. The van der Waals surface area contributed by atoms with Crippen LogP contribution >= 0.6 is 0 Å². The highest BCUT2D eigenvalue weighted by Gasteiger charge is 2.14. The number of carbonyl (C=O) groups is 1. The number of hydrogen-bond acceptors (Lipinski definition) is 5. The van der Waals surface area contributed by atoms with Gasteiger partial charge in [-0.05, 0) is 30.0 Å². The van der Waals surface area contributed by atoms with Crippen molar-refractivity contribution in [1.29, 1.82) is 0 Å². The van der Waals surface area contributed by atoms with E-state index in [-0.39, 0.29) is 12.5 Å². The second-order valence-corrected chi connectivity index (χ2v) is 6.36. The molecule has 26 heavy (non-hydrogen) atoms.